The molecule has 0 saturated carbocycles. The molecule has 1 unspecified atom stereocenters. The van der Waals surface area contributed by atoms with Crippen molar-refractivity contribution in [2.24, 2.45) is 5.41 Å². The van der Waals surface area contributed by atoms with E-state index in [2.05, 4.69) is 10.6 Å². The molecule has 1 aromatic carbocycles. The first kappa shape index (κ1) is 17.4. The van der Waals surface area contributed by atoms with E-state index in [0.29, 0.717) is 19.6 Å². The van der Waals surface area contributed by atoms with Crippen molar-refractivity contribution >= 4 is 11.8 Å². The smallest absolute Gasteiger partial charge is 0.239 e. The molecule has 1 saturated heterocycles. The molecule has 0 spiro atoms. The van der Waals surface area contributed by atoms with Gasteiger partial charge in [0.15, 0.2) is 0 Å². The summed E-state index contributed by atoms with van der Waals surface area (Å²) in [5, 5.41) is 5.97. The molecule has 1 fully saturated rings. The standard InChI is InChI=1S/C17H24FN3O2/c1-3-21(16(23)17(2)8-9-19-12-17)11-15(22)20-10-13-4-6-14(18)7-5-13/h4-7,19H,3,8-12H2,1-2H3,(H,20,22). The molecule has 1 aliphatic rings. The molecule has 0 radical (unpaired) electrons. The first-order chi connectivity index (χ1) is 10.9. The summed E-state index contributed by atoms with van der Waals surface area (Å²) in [7, 11) is 0. The summed E-state index contributed by atoms with van der Waals surface area (Å²) >= 11 is 0. The molecule has 1 heterocycles. The molecule has 126 valence electrons. The van der Waals surface area contributed by atoms with Gasteiger partial charge >= 0.3 is 0 Å². The zero-order chi connectivity index (χ0) is 16.9. The van der Waals surface area contributed by atoms with Gasteiger partial charge in [-0.15, -0.1) is 0 Å². The lowest BCUT2D eigenvalue weighted by Crippen LogP contribution is -2.47. The van der Waals surface area contributed by atoms with E-state index in [0.717, 1.165) is 18.5 Å². The minimum absolute atomic E-state index is 0.0157. The van der Waals surface area contributed by atoms with E-state index in [4.69, 9.17) is 0 Å². The van der Waals surface area contributed by atoms with E-state index in [1.165, 1.54) is 12.1 Å². The van der Waals surface area contributed by atoms with Crippen LogP contribution >= 0.6 is 0 Å². The first-order valence-corrected chi connectivity index (χ1v) is 7.96. The number of carbonyl (C=O) groups is 2. The minimum Gasteiger partial charge on any atom is -0.350 e. The fraction of sp³-hybridized carbons (Fsp3) is 0.529. The van der Waals surface area contributed by atoms with Gasteiger partial charge in [-0.1, -0.05) is 12.1 Å². The second-order valence-electron chi connectivity index (χ2n) is 6.21. The Balaban J connectivity index is 1.86. The lowest BCUT2D eigenvalue weighted by molar-refractivity contribution is -0.143. The van der Waals surface area contributed by atoms with Gasteiger partial charge in [0.05, 0.1) is 12.0 Å². The maximum Gasteiger partial charge on any atom is 0.239 e. The molecule has 0 aromatic heterocycles. The van der Waals surface area contributed by atoms with Crippen molar-refractivity contribution in [2.45, 2.75) is 26.8 Å². The number of halogens is 1. The average Bonchev–Trinajstić information content (AvgIpc) is 2.99. The van der Waals surface area contributed by atoms with Crippen LogP contribution in [0.3, 0.4) is 0 Å². The molecule has 2 rings (SSSR count). The maximum atomic E-state index is 12.8. The number of likely N-dealkylation sites (N-methyl/N-ethyl adjacent to an activating group) is 1. The van der Waals surface area contributed by atoms with E-state index in [1.54, 1.807) is 17.0 Å². The molecular weight excluding hydrogens is 297 g/mol. The van der Waals surface area contributed by atoms with Gasteiger partial charge in [0.25, 0.3) is 0 Å². The Hall–Kier alpha value is -1.95. The van der Waals surface area contributed by atoms with Crippen molar-refractivity contribution in [3.63, 3.8) is 0 Å². The van der Waals surface area contributed by atoms with Crippen LogP contribution in [0.2, 0.25) is 0 Å². The Morgan fingerprint density at radius 2 is 2.04 bits per heavy atom. The van der Waals surface area contributed by atoms with Crippen LogP contribution in [-0.4, -0.2) is 42.9 Å². The third-order valence-corrected chi connectivity index (χ3v) is 4.29. The second kappa shape index (κ2) is 7.55. The van der Waals surface area contributed by atoms with Gasteiger partial charge in [0, 0.05) is 19.6 Å². The zero-order valence-corrected chi connectivity index (χ0v) is 13.7. The SMILES string of the molecule is CCN(CC(=O)NCc1ccc(F)cc1)C(=O)C1(C)CCNC1. The Morgan fingerprint density at radius 3 is 2.61 bits per heavy atom. The predicted molar refractivity (Wildman–Crippen MR) is 86.1 cm³/mol. The van der Waals surface area contributed by atoms with Gasteiger partial charge in [0.2, 0.25) is 11.8 Å². The number of rotatable bonds is 6. The van der Waals surface area contributed by atoms with Crippen LogP contribution in [0.15, 0.2) is 24.3 Å². The van der Waals surface area contributed by atoms with Crippen molar-refractivity contribution in [1.82, 2.24) is 15.5 Å². The second-order valence-corrected chi connectivity index (χ2v) is 6.21. The summed E-state index contributed by atoms with van der Waals surface area (Å²) in [6.45, 7) is 6.16. The van der Waals surface area contributed by atoms with Crippen molar-refractivity contribution < 1.29 is 14.0 Å². The topological polar surface area (TPSA) is 61.4 Å². The van der Waals surface area contributed by atoms with E-state index in [-0.39, 0.29) is 24.2 Å². The van der Waals surface area contributed by atoms with Crippen LogP contribution in [-0.2, 0) is 16.1 Å². The number of hydrogen-bond donors (Lipinski definition) is 2. The number of benzene rings is 1. The number of carbonyl (C=O) groups excluding carboxylic acids is 2. The van der Waals surface area contributed by atoms with E-state index < -0.39 is 5.41 Å². The summed E-state index contributed by atoms with van der Waals surface area (Å²) in [6, 6.07) is 5.97. The van der Waals surface area contributed by atoms with E-state index >= 15 is 0 Å². The Kier molecular flexibility index (Phi) is 5.71. The van der Waals surface area contributed by atoms with Crippen LogP contribution in [0.4, 0.5) is 4.39 Å². The summed E-state index contributed by atoms with van der Waals surface area (Å²) in [4.78, 5) is 26.3. The van der Waals surface area contributed by atoms with Crippen LogP contribution in [0.25, 0.3) is 0 Å². The minimum atomic E-state index is -0.423. The molecule has 0 bridgehead atoms. The van der Waals surface area contributed by atoms with Crippen molar-refractivity contribution in [3.05, 3.63) is 35.6 Å². The van der Waals surface area contributed by atoms with Gasteiger partial charge in [-0.2, -0.15) is 0 Å². The van der Waals surface area contributed by atoms with Crippen LogP contribution in [0.5, 0.6) is 0 Å². The zero-order valence-electron chi connectivity index (χ0n) is 13.7. The molecule has 6 heteroatoms. The van der Waals surface area contributed by atoms with Gasteiger partial charge in [-0.3, -0.25) is 9.59 Å². The summed E-state index contributed by atoms with van der Waals surface area (Å²) in [6.07, 6.45) is 0.791. The van der Waals surface area contributed by atoms with Crippen molar-refractivity contribution in [1.29, 1.82) is 0 Å². The van der Waals surface area contributed by atoms with Crippen LogP contribution in [0.1, 0.15) is 25.8 Å². The average molecular weight is 321 g/mol. The van der Waals surface area contributed by atoms with E-state index in [9.17, 15) is 14.0 Å². The third kappa shape index (κ3) is 4.51. The molecule has 23 heavy (non-hydrogen) atoms. The molecule has 0 aliphatic carbocycles. The van der Waals surface area contributed by atoms with Gasteiger partial charge in [0.1, 0.15) is 5.82 Å². The quantitative estimate of drug-likeness (QED) is 0.830. The molecular formula is C17H24FN3O2. The Morgan fingerprint density at radius 1 is 1.35 bits per heavy atom. The van der Waals surface area contributed by atoms with Gasteiger partial charge in [-0.05, 0) is 44.5 Å². The summed E-state index contributed by atoms with van der Waals surface area (Å²) < 4.78 is 12.8. The largest absolute Gasteiger partial charge is 0.350 e. The molecule has 2 amide bonds. The lowest BCUT2D eigenvalue weighted by Gasteiger charge is -2.30. The van der Waals surface area contributed by atoms with Crippen LogP contribution in [0, 0.1) is 11.2 Å². The Bertz CT molecular complexity index is 553. The summed E-state index contributed by atoms with van der Waals surface area (Å²) in [5.41, 5.74) is 0.397. The normalized spacial score (nSPS) is 20.3. The highest BCUT2D eigenvalue weighted by atomic mass is 19.1. The molecule has 2 N–H and O–H groups in total. The fourth-order valence-electron chi connectivity index (χ4n) is 2.74. The van der Waals surface area contributed by atoms with E-state index in [1.807, 2.05) is 13.8 Å². The van der Waals surface area contributed by atoms with Crippen LogP contribution < -0.4 is 10.6 Å². The monoisotopic (exact) mass is 321 g/mol. The number of nitrogens with zero attached hydrogens (tertiary/aromatic N) is 1. The highest BCUT2D eigenvalue weighted by Gasteiger charge is 2.39. The first-order valence-electron chi connectivity index (χ1n) is 7.96. The third-order valence-electron chi connectivity index (χ3n) is 4.29. The van der Waals surface area contributed by atoms with Crippen molar-refractivity contribution in [3.8, 4) is 0 Å². The highest BCUT2D eigenvalue weighted by molar-refractivity contribution is 5.88. The molecule has 1 aliphatic heterocycles. The van der Waals surface area contributed by atoms with Gasteiger partial charge < -0.3 is 15.5 Å². The number of amides is 2. The molecule has 1 atom stereocenters. The maximum absolute atomic E-state index is 12.8. The Labute approximate surface area is 136 Å². The predicted octanol–water partition coefficient (Wildman–Crippen LogP) is 1.29. The molecule has 1 aromatic rings. The number of hydrogen-bond acceptors (Lipinski definition) is 3. The van der Waals surface area contributed by atoms with Gasteiger partial charge in [-0.25, -0.2) is 4.39 Å². The number of nitrogens with one attached hydrogen (secondary N) is 2. The lowest BCUT2D eigenvalue weighted by atomic mass is 9.88. The highest BCUT2D eigenvalue weighted by Crippen LogP contribution is 2.27. The van der Waals surface area contributed by atoms with Crippen molar-refractivity contribution in [2.75, 3.05) is 26.2 Å². The molecule has 5 nitrogen and oxygen atoms in total. The fourth-order valence-corrected chi connectivity index (χ4v) is 2.74. The summed E-state index contributed by atoms with van der Waals surface area (Å²) in [5.74, 6) is -0.498.